The van der Waals surface area contributed by atoms with Gasteiger partial charge in [-0.25, -0.2) is 4.39 Å². The average Bonchev–Trinajstić information content (AvgIpc) is 2.81. The van der Waals surface area contributed by atoms with Crippen LogP contribution in [0.5, 0.6) is 5.75 Å². The van der Waals surface area contributed by atoms with Gasteiger partial charge in [-0.3, -0.25) is 19.4 Å². The van der Waals surface area contributed by atoms with Gasteiger partial charge in [0.1, 0.15) is 16.9 Å². The lowest BCUT2D eigenvalue weighted by molar-refractivity contribution is -0.120. The van der Waals surface area contributed by atoms with Crippen LogP contribution in [0.25, 0.3) is 11.0 Å². The van der Waals surface area contributed by atoms with Gasteiger partial charge in [-0.15, -0.1) is 0 Å². The molecule has 0 fully saturated rings. The van der Waals surface area contributed by atoms with Gasteiger partial charge in [0, 0.05) is 33.3 Å². The molecule has 0 unspecified atom stereocenters. The third-order valence-corrected chi connectivity index (χ3v) is 5.49. The van der Waals surface area contributed by atoms with Crippen LogP contribution in [0.2, 0.25) is 0 Å². The summed E-state index contributed by atoms with van der Waals surface area (Å²) in [5, 5.41) is 15.8. The molecular weight excluding hydrogens is 427 g/mol. The van der Waals surface area contributed by atoms with Crippen molar-refractivity contribution in [1.29, 1.82) is 0 Å². The largest absolute Gasteiger partial charge is 0.505 e. The van der Waals surface area contributed by atoms with Gasteiger partial charge in [-0.1, -0.05) is 13.0 Å². The van der Waals surface area contributed by atoms with E-state index in [-0.39, 0.29) is 29.2 Å². The molecule has 0 saturated carbocycles. The fourth-order valence-corrected chi connectivity index (χ4v) is 3.65. The van der Waals surface area contributed by atoms with Crippen LogP contribution in [0.4, 0.5) is 4.39 Å². The van der Waals surface area contributed by atoms with Crippen molar-refractivity contribution in [2.45, 2.75) is 32.6 Å². The molecule has 3 rings (SSSR count). The van der Waals surface area contributed by atoms with Crippen LogP contribution < -0.4 is 16.2 Å². The van der Waals surface area contributed by atoms with Crippen LogP contribution >= 0.6 is 0 Å². The van der Waals surface area contributed by atoms with E-state index < -0.39 is 17.2 Å². The number of halogens is 1. The third kappa shape index (κ3) is 5.19. The maximum absolute atomic E-state index is 13.8. The number of carbonyl (C=O) groups excluding carboxylic acids is 2. The van der Waals surface area contributed by atoms with Gasteiger partial charge >= 0.3 is 0 Å². The average molecular weight is 455 g/mol. The van der Waals surface area contributed by atoms with Crippen molar-refractivity contribution in [2.24, 2.45) is 7.05 Å². The second kappa shape index (κ2) is 10.2. The number of benzene rings is 1. The van der Waals surface area contributed by atoms with Crippen molar-refractivity contribution < 1.29 is 19.1 Å². The summed E-state index contributed by atoms with van der Waals surface area (Å²) in [7, 11) is 3.06. The van der Waals surface area contributed by atoms with E-state index in [1.807, 2.05) is 6.92 Å². The zero-order valence-electron chi connectivity index (χ0n) is 18.9. The number of hydrogen-bond acceptors (Lipinski definition) is 5. The number of aryl methyl sites for hydroxylation is 2. The molecule has 8 nitrogen and oxygen atoms in total. The molecule has 0 radical (unpaired) electrons. The molecule has 0 bridgehead atoms. The van der Waals surface area contributed by atoms with Crippen LogP contribution in [0.15, 0.2) is 35.3 Å². The standard InChI is InChI=1S/C24H27FN4O4/c1-4-9-27-23(32)20-22(31)21-18(29(3)24(20)33)11-14(13-28-21)10-15-5-7-17(25)12-16(15)6-8-19(30)26-2/h5,7,11-13,31H,4,6,8-10H2,1-3H3,(H,26,30)(H,27,32). The van der Waals surface area contributed by atoms with E-state index in [1.54, 1.807) is 25.4 Å². The monoisotopic (exact) mass is 454 g/mol. The third-order valence-electron chi connectivity index (χ3n) is 5.49. The van der Waals surface area contributed by atoms with Gasteiger partial charge in [0.05, 0.1) is 5.52 Å². The number of pyridine rings is 2. The molecule has 0 aliphatic rings. The van der Waals surface area contributed by atoms with Gasteiger partial charge < -0.3 is 20.3 Å². The lowest BCUT2D eigenvalue weighted by Gasteiger charge is -2.13. The first-order valence-electron chi connectivity index (χ1n) is 10.7. The Balaban J connectivity index is 1.99. The number of carbonyl (C=O) groups is 2. The Labute approximate surface area is 190 Å². The molecular formula is C24H27FN4O4. The fourth-order valence-electron chi connectivity index (χ4n) is 3.65. The van der Waals surface area contributed by atoms with Crippen LogP contribution in [0, 0.1) is 5.82 Å². The summed E-state index contributed by atoms with van der Waals surface area (Å²) >= 11 is 0. The second-order valence-electron chi connectivity index (χ2n) is 7.82. The van der Waals surface area contributed by atoms with E-state index in [9.17, 15) is 23.9 Å². The van der Waals surface area contributed by atoms with Gasteiger partial charge in [-0.05, 0) is 54.2 Å². The molecule has 1 aromatic carbocycles. The minimum atomic E-state index is -0.644. The first kappa shape index (κ1) is 23.9. The number of amides is 2. The zero-order chi connectivity index (χ0) is 24.1. The maximum Gasteiger partial charge on any atom is 0.267 e. The molecule has 33 heavy (non-hydrogen) atoms. The fraction of sp³-hybridized carbons (Fsp3) is 0.333. The molecule has 3 N–H and O–H groups in total. The molecule has 2 aromatic heterocycles. The summed E-state index contributed by atoms with van der Waals surface area (Å²) in [4.78, 5) is 41.1. The highest BCUT2D eigenvalue weighted by Crippen LogP contribution is 2.26. The Bertz CT molecular complexity index is 1270. The Kier molecular flexibility index (Phi) is 7.42. The number of hydrogen-bond donors (Lipinski definition) is 3. The van der Waals surface area contributed by atoms with Crippen LogP contribution in [0.3, 0.4) is 0 Å². The number of nitrogens with zero attached hydrogens (tertiary/aromatic N) is 2. The molecule has 0 saturated heterocycles. The Morgan fingerprint density at radius 3 is 2.67 bits per heavy atom. The normalized spacial score (nSPS) is 10.9. The second-order valence-corrected chi connectivity index (χ2v) is 7.82. The van der Waals surface area contributed by atoms with Gasteiger partial charge in [0.25, 0.3) is 11.5 Å². The first-order valence-corrected chi connectivity index (χ1v) is 10.7. The molecule has 3 aromatic rings. The molecule has 2 heterocycles. The van der Waals surface area contributed by atoms with E-state index in [0.29, 0.717) is 36.9 Å². The zero-order valence-corrected chi connectivity index (χ0v) is 18.9. The molecule has 2 amide bonds. The number of aromatic nitrogens is 2. The first-order chi connectivity index (χ1) is 15.8. The molecule has 9 heteroatoms. The predicted octanol–water partition coefficient (Wildman–Crippen LogP) is 2.19. The van der Waals surface area contributed by atoms with Crippen molar-refractivity contribution in [3.8, 4) is 5.75 Å². The van der Waals surface area contributed by atoms with Gasteiger partial charge in [0.15, 0.2) is 5.75 Å². The summed E-state index contributed by atoms with van der Waals surface area (Å²) in [5.41, 5.74) is 1.81. The number of rotatable bonds is 8. The van der Waals surface area contributed by atoms with Gasteiger partial charge in [-0.2, -0.15) is 0 Å². The number of fused-ring (bicyclic) bond motifs is 1. The SMILES string of the molecule is CCCNC(=O)c1c(O)c2ncc(Cc3ccc(F)cc3CCC(=O)NC)cc2n(C)c1=O. The highest BCUT2D eigenvalue weighted by molar-refractivity contribution is 6.01. The van der Waals surface area contributed by atoms with Crippen LogP contribution in [-0.2, 0) is 24.7 Å². The topological polar surface area (TPSA) is 113 Å². The van der Waals surface area contributed by atoms with Crippen LogP contribution in [0.1, 0.15) is 46.8 Å². The van der Waals surface area contributed by atoms with E-state index >= 15 is 0 Å². The van der Waals surface area contributed by atoms with E-state index in [4.69, 9.17) is 0 Å². The van der Waals surface area contributed by atoms with Crippen molar-refractivity contribution >= 4 is 22.8 Å². The summed E-state index contributed by atoms with van der Waals surface area (Å²) in [5.74, 6) is -1.62. The number of nitrogens with one attached hydrogen (secondary N) is 2. The lowest BCUT2D eigenvalue weighted by atomic mass is 9.97. The minimum Gasteiger partial charge on any atom is -0.505 e. The lowest BCUT2D eigenvalue weighted by Crippen LogP contribution is -2.33. The maximum atomic E-state index is 13.8. The van der Waals surface area contributed by atoms with E-state index in [1.165, 1.54) is 23.7 Å². The quantitative estimate of drug-likeness (QED) is 0.483. The molecule has 0 aliphatic carbocycles. The van der Waals surface area contributed by atoms with Crippen molar-refractivity contribution in [3.05, 3.63) is 68.9 Å². The van der Waals surface area contributed by atoms with Crippen LogP contribution in [-0.4, -0.2) is 40.1 Å². The van der Waals surface area contributed by atoms with Crippen molar-refractivity contribution in [3.63, 3.8) is 0 Å². The van der Waals surface area contributed by atoms with Gasteiger partial charge in [0.2, 0.25) is 5.91 Å². The van der Waals surface area contributed by atoms with Crippen molar-refractivity contribution in [1.82, 2.24) is 20.2 Å². The summed E-state index contributed by atoms with van der Waals surface area (Å²) in [6, 6.07) is 6.14. The highest BCUT2D eigenvalue weighted by Gasteiger charge is 2.22. The summed E-state index contributed by atoms with van der Waals surface area (Å²) < 4.78 is 15.1. The Morgan fingerprint density at radius 1 is 1.21 bits per heavy atom. The van der Waals surface area contributed by atoms with E-state index in [2.05, 4.69) is 15.6 Å². The summed E-state index contributed by atoms with van der Waals surface area (Å²) in [6.45, 7) is 2.26. The predicted molar refractivity (Wildman–Crippen MR) is 123 cm³/mol. The highest BCUT2D eigenvalue weighted by atomic mass is 19.1. The van der Waals surface area contributed by atoms with Crippen molar-refractivity contribution in [2.75, 3.05) is 13.6 Å². The summed E-state index contributed by atoms with van der Waals surface area (Å²) in [6.07, 6.45) is 3.24. The molecule has 174 valence electrons. The minimum absolute atomic E-state index is 0.137. The Morgan fingerprint density at radius 2 is 1.97 bits per heavy atom. The molecule has 0 spiro atoms. The van der Waals surface area contributed by atoms with E-state index in [0.717, 1.165) is 11.1 Å². The molecule has 0 aliphatic heterocycles. The smallest absolute Gasteiger partial charge is 0.267 e. The Hall–Kier alpha value is -3.75. The number of aromatic hydroxyl groups is 1. The molecule has 0 atom stereocenters.